The molecule has 0 aromatic heterocycles. The Morgan fingerprint density at radius 2 is 0.864 bits per heavy atom. The van der Waals surface area contributed by atoms with Crippen LogP contribution in [0.5, 0.6) is 0 Å². The molecular formula is C19H34O3. The first kappa shape index (κ1) is 21.1. The van der Waals surface area contributed by atoms with Crippen molar-refractivity contribution in [1.29, 1.82) is 0 Å². The van der Waals surface area contributed by atoms with Gasteiger partial charge in [0.15, 0.2) is 0 Å². The molecule has 0 radical (unpaired) electrons. The molecule has 128 valence electrons. The molecule has 0 fully saturated rings. The monoisotopic (exact) mass is 310 g/mol. The van der Waals surface area contributed by atoms with Crippen molar-refractivity contribution in [3.8, 4) is 0 Å². The number of rotatable bonds is 15. The first-order chi connectivity index (χ1) is 10.8. The molecule has 0 aliphatic carbocycles. The summed E-state index contributed by atoms with van der Waals surface area (Å²) in [6.45, 7) is 7.41. The Morgan fingerprint density at radius 1 is 0.545 bits per heavy atom. The first-order valence-electron chi connectivity index (χ1n) is 8.64. The van der Waals surface area contributed by atoms with Gasteiger partial charge in [-0.05, 0) is 19.3 Å². The summed E-state index contributed by atoms with van der Waals surface area (Å²) < 4.78 is 16.8. The molecule has 0 aromatic rings. The third-order valence-corrected chi connectivity index (χ3v) is 2.85. The van der Waals surface area contributed by atoms with E-state index in [1.54, 1.807) is 0 Å². The number of unbranched alkanes of at least 4 members (excludes halogenated alkanes) is 3. The number of hydrogen-bond donors (Lipinski definition) is 0. The highest BCUT2D eigenvalue weighted by Gasteiger charge is 2.06. The third-order valence-electron chi connectivity index (χ3n) is 2.85. The fourth-order valence-corrected chi connectivity index (χ4v) is 1.60. The highest BCUT2D eigenvalue weighted by molar-refractivity contribution is 4.82. The third kappa shape index (κ3) is 15.5. The summed E-state index contributed by atoms with van der Waals surface area (Å²) in [6.07, 6.45) is 19.1. The zero-order valence-electron chi connectivity index (χ0n) is 14.6. The second-order valence-corrected chi connectivity index (χ2v) is 5.07. The lowest BCUT2D eigenvalue weighted by atomic mass is 10.3. The molecule has 0 saturated heterocycles. The number of ether oxygens (including phenoxy) is 3. The molecule has 0 aliphatic rings. The van der Waals surface area contributed by atoms with Crippen LogP contribution < -0.4 is 0 Å². The molecule has 0 aromatic carbocycles. The normalized spacial score (nSPS) is 12.5. The molecule has 0 N–H and O–H groups in total. The lowest BCUT2D eigenvalue weighted by molar-refractivity contribution is -0.275. The van der Waals surface area contributed by atoms with Crippen LogP contribution >= 0.6 is 0 Å². The molecule has 0 aliphatic heterocycles. The smallest absolute Gasteiger partial charge is 0.272 e. The van der Waals surface area contributed by atoms with Crippen molar-refractivity contribution < 1.29 is 14.2 Å². The first-order valence-corrected chi connectivity index (χ1v) is 8.64. The molecule has 22 heavy (non-hydrogen) atoms. The van der Waals surface area contributed by atoms with Crippen LogP contribution in [0.3, 0.4) is 0 Å². The molecule has 0 amide bonds. The van der Waals surface area contributed by atoms with Gasteiger partial charge < -0.3 is 14.2 Å². The van der Waals surface area contributed by atoms with Gasteiger partial charge in [0.05, 0.1) is 19.8 Å². The summed E-state index contributed by atoms with van der Waals surface area (Å²) >= 11 is 0. The Hall–Kier alpha value is -0.900. The fourth-order valence-electron chi connectivity index (χ4n) is 1.60. The minimum atomic E-state index is -0.608. The number of hydrogen-bond acceptors (Lipinski definition) is 3. The minimum absolute atomic E-state index is 0.516. The van der Waals surface area contributed by atoms with Crippen molar-refractivity contribution in [3.05, 3.63) is 36.5 Å². The van der Waals surface area contributed by atoms with Crippen molar-refractivity contribution in [2.45, 2.75) is 65.8 Å². The van der Waals surface area contributed by atoms with E-state index in [-0.39, 0.29) is 0 Å². The van der Waals surface area contributed by atoms with Crippen LogP contribution in [-0.2, 0) is 14.2 Å². The molecule has 0 spiro atoms. The van der Waals surface area contributed by atoms with Crippen molar-refractivity contribution in [1.82, 2.24) is 0 Å². The molecule has 0 rings (SSSR count). The van der Waals surface area contributed by atoms with Gasteiger partial charge in [-0.1, -0.05) is 76.5 Å². The standard InChI is InChI=1S/C19H34O3/c1-4-7-10-13-16-20-19(21-17-14-11-8-5-2)22-18-15-12-9-6-3/h10-15,19H,4-9,16-18H2,1-3H3/b13-10+,14-11+,15-12+. The predicted molar refractivity (Wildman–Crippen MR) is 93.8 cm³/mol. The van der Waals surface area contributed by atoms with Crippen LogP contribution in [0.15, 0.2) is 36.5 Å². The molecule has 3 nitrogen and oxygen atoms in total. The van der Waals surface area contributed by atoms with Crippen LogP contribution in [0.1, 0.15) is 59.3 Å². The van der Waals surface area contributed by atoms with Gasteiger partial charge in [0.1, 0.15) is 0 Å². The average Bonchev–Trinajstić information content (AvgIpc) is 2.53. The summed E-state index contributed by atoms with van der Waals surface area (Å²) in [7, 11) is 0. The van der Waals surface area contributed by atoms with Gasteiger partial charge in [0.25, 0.3) is 6.48 Å². The topological polar surface area (TPSA) is 27.7 Å². The average molecular weight is 310 g/mol. The van der Waals surface area contributed by atoms with Crippen LogP contribution in [0.2, 0.25) is 0 Å². The van der Waals surface area contributed by atoms with Crippen LogP contribution in [0.25, 0.3) is 0 Å². The maximum Gasteiger partial charge on any atom is 0.272 e. The Balaban J connectivity index is 4.01. The zero-order chi connectivity index (χ0) is 16.3. The molecule has 0 atom stereocenters. The van der Waals surface area contributed by atoms with E-state index < -0.39 is 6.48 Å². The Labute approximate surface area is 137 Å². The molecule has 0 saturated carbocycles. The maximum absolute atomic E-state index is 5.60. The maximum atomic E-state index is 5.60. The molecule has 0 bridgehead atoms. The van der Waals surface area contributed by atoms with E-state index in [4.69, 9.17) is 14.2 Å². The summed E-state index contributed by atoms with van der Waals surface area (Å²) in [5.41, 5.74) is 0. The van der Waals surface area contributed by atoms with Gasteiger partial charge in [-0.15, -0.1) is 0 Å². The summed E-state index contributed by atoms with van der Waals surface area (Å²) in [6, 6.07) is 0. The zero-order valence-corrected chi connectivity index (χ0v) is 14.6. The Morgan fingerprint density at radius 3 is 1.14 bits per heavy atom. The van der Waals surface area contributed by atoms with Gasteiger partial charge in [0.2, 0.25) is 0 Å². The van der Waals surface area contributed by atoms with E-state index in [0.29, 0.717) is 19.8 Å². The van der Waals surface area contributed by atoms with Gasteiger partial charge in [-0.2, -0.15) is 0 Å². The summed E-state index contributed by atoms with van der Waals surface area (Å²) in [5.74, 6) is 0. The van der Waals surface area contributed by atoms with E-state index in [9.17, 15) is 0 Å². The quantitative estimate of drug-likeness (QED) is 0.300. The largest absolute Gasteiger partial charge is 0.326 e. The van der Waals surface area contributed by atoms with Gasteiger partial charge in [0, 0.05) is 0 Å². The second kappa shape index (κ2) is 18.1. The SMILES string of the molecule is CCC/C=C/COC(OC/C=C/CCC)OC/C=C/CCC. The van der Waals surface area contributed by atoms with E-state index in [0.717, 1.165) is 38.5 Å². The lowest BCUT2D eigenvalue weighted by Crippen LogP contribution is -2.21. The predicted octanol–water partition coefficient (Wildman–Crippen LogP) is 5.39. The summed E-state index contributed by atoms with van der Waals surface area (Å²) in [5, 5.41) is 0. The summed E-state index contributed by atoms with van der Waals surface area (Å²) in [4.78, 5) is 0. The van der Waals surface area contributed by atoms with Gasteiger partial charge in [-0.3, -0.25) is 0 Å². The Bertz CT molecular complexity index is 248. The van der Waals surface area contributed by atoms with Gasteiger partial charge >= 0.3 is 0 Å². The van der Waals surface area contributed by atoms with Crippen molar-refractivity contribution in [3.63, 3.8) is 0 Å². The van der Waals surface area contributed by atoms with Crippen molar-refractivity contribution >= 4 is 0 Å². The van der Waals surface area contributed by atoms with Crippen molar-refractivity contribution in [2.24, 2.45) is 0 Å². The van der Waals surface area contributed by atoms with Crippen LogP contribution in [0.4, 0.5) is 0 Å². The highest BCUT2D eigenvalue weighted by Crippen LogP contribution is 2.01. The van der Waals surface area contributed by atoms with E-state index in [1.165, 1.54) is 0 Å². The van der Waals surface area contributed by atoms with E-state index in [2.05, 4.69) is 39.0 Å². The van der Waals surface area contributed by atoms with Gasteiger partial charge in [-0.25, -0.2) is 0 Å². The molecule has 3 heteroatoms. The highest BCUT2D eigenvalue weighted by atomic mass is 16.8. The number of allylic oxidation sites excluding steroid dienone is 3. The van der Waals surface area contributed by atoms with E-state index >= 15 is 0 Å². The molecular weight excluding hydrogens is 276 g/mol. The second-order valence-electron chi connectivity index (χ2n) is 5.07. The minimum Gasteiger partial charge on any atom is -0.326 e. The van der Waals surface area contributed by atoms with E-state index in [1.807, 2.05) is 18.2 Å². The lowest BCUT2D eigenvalue weighted by Gasteiger charge is -2.16. The van der Waals surface area contributed by atoms with Crippen molar-refractivity contribution in [2.75, 3.05) is 19.8 Å². The molecule has 0 unspecified atom stereocenters. The fraction of sp³-hybridized carbons (Fsp3) is 0.684. The Kier molecular flexibility index (Phi) is 17.4. The van der Waals surface area contributed by atoms with Crippen LogP contribution in [0, 0.1) is 0 Å². The molecule has 0 heterocycles. The van der Waals surface area contributed by atoms with Crippen LogP contribution in [-0.4, -0.2) is 26.3 Å².